The zero-order valence-corrected chi connectivity index (χ0v) is 15.1. The van der Waals surface area contributed by atoms with Gasteiger partial charge in [0.1, 0.15) is 5.69 Å². The van der Waals surface area contributed by atoms with Crippen molar-refractivity contribution in [1.29, 1.82) is 0 Å². The van der Waals surface area contributed by atoms with Gasteiger partial charge < -0.3 is 19.3 Å². The molecule has 1 amide bonds. The van der Waals surface area contributed by atoms with Crippen molar-refractivity contribution in [3.05, 3.63) is 71.5 Å². The molecule has 0 spiro atoms. The molecular formula is C20H16N2O6. The van der Waals surface area contributed by atoms with Gasteiger partial charge in [0.15, 0.2) is 0 Å². The minimum Gasteiger partial charge on any atom is -0.465 e. The minimum atomic E-state index is -0.660. The van der Waals surface area contributed by atoms with Gasteiger partial charge in [-0.05, 0) is 18.2 Å². The molecule has 0 bridgehead atoms. The van der Waals surface area contributed by atoms with Crippen LogP contribution in [0, 0.1) is 0 Å². The highest BCUT2D eigenvalue weighted by Gasteiger charge is 2.18. The van der Waals surface area contributed by atoms with Crippen molar-refractivity contribution in [3.8, 4) is 11.3 Å². The first-order valence-corrected chi connectivity index (χ1v) is 8.17. The van der Waals surface area contributed by atoms with Crippen LogP contribution in [0.1, 0.15) is 31.3 Å². The normalized spacial score (nSPS) is 10.2. The van der Waals surface area contributed by atoms with Gasteiger partial charge in [-0.25, -0.2) is 9.59 Å². The molecule has 0 aliphatic rings. The topological polar surface area (TPSA) is 108 Å². The Hall–Kier alpha value is -3.94. The van der Waals surface area contributed by atoms with Crippen LogP contribution in [0.4, 0.5) is 5.69 Å². The summed E-state index contributed by atoms with van der Waals surface area (Å²) in [5.41, 5.74) is 1.67. The van der Waals surface area contributed by atoms with E-state index in [-0.39, 0.29) is 22.6 Å². The summed E-state index contributed by atoms with van der Waals surface area (Å²) in [4.78, 5) is 36.1. The number of methoxy groups -OCH3 is 2. The van der Waals surface area contributed by atoms with Crippen LogP contribution < -0.4 is 5.32 Å². The number of carbonyl (C=O) groups is 3. The molecule has 1 heterocycles. The van der Waals surface area contributed by atoms with E-state index in [1.165, 1.54) is 38.5 Å². The number of ether oxygens (including phenoxy) is 2. The van der Waals surface area contributed by atoms with Crippen molar-refractivity contribution in [1.82, 2.24) is 5.16 Å². The summed E-state index contributed by atoms with van der Waals surface area (Å²) in [7, 11) is 2.43. The third kappa shape index (κ3) is 4.07. The maximum Gasteiger partial charge on any atom is 0.337 e. The van der Waals surface area contributed by atoms with Crippen molar-refractivity contribution in [2.24, 2.45) is 0 Å². The van der Waals surface area contributed by atoms with Gasteiger partial charge >= 0.3 is 11.9 Å². The van der Waals surface area contributed by atoms with E-state index in [4.69, 9.17) is 4.52 Å². The number of nitrogens with zero attached hydrogens (tertiary/aromatic N) is 1. The quantitative estimate of drug-likeness (QED) is 0.677. The smallest absolute Gasteiger partial charge is 0.337 e. The van der Waals surface area contributed by atoms with Crippen molar-refractivity contribution < 1.29 is 28.4 Å². The van der Waals surface area contributed by atoms with Crippen LogP contribution in [-0.4, -0.2) is 37.2 Å². The Morgan fingerprint density at radius 3 is 2.07 bits per heavy atom. The molecule has 8 heteroatoms. The lowest BCUT2D eigenvalue weighted by Crippen LogP contribution is -2.13. The van der Waals surface area contributed by atoms with Crippen molar-refractivity contribution >= 4 is 23.5 Å². The van der Waals surface area contributed by atoms with E-state index in [1.54, 1.807) is 0 Å². The van der Waals surface area contributed by atoms with Crippen LogP contribution in [0.25, 0.3) is 11.3 Å². The van der Waals surface area contributed by atoms with Crippen LogP contribution in [0.5, 0.6) is 0 Å². The molecule has 3 rings (SSSR count). The SMILES string of the molecule is COC(=O)c1cc(NC(=O)c2cc(-c3ccccc3)no2)cc(C(=O)OC)c1. The maximum absolute atomic E-state index is 12.5. The largest absolute Gasteiger partial charge is 0.465 e. The lowest BCUT2D eigenvalue weighted by atomic mass is 10.1. The molecule has 0 saturated heterocycles. The number of benzene rings is 2. The molecule has 0 radical (unpaired) electrons. The van der Waals surface area contributed by atoms with E-state index >= 15 is 0 Å². The molecule has 1 N–H and O–H groups in total. The monoisotopic (exact) mass is 380 g/mol. The highest BCUT2D eigenvalue weighted by Crippen LogP contribution is 2.21. The lowest BCUT2D eigenvalue weighted by molar-refractivity contribution is 0.0599. The van der Waals surface area contributed by atoms with Gasteiger partial charge in [0.2, 0.25) is 5.76 Å². The Kier molecular flexibility index (Phi) is 5.50. The molecule has 8 nitrogen and oxygen atoms in total. The molecular weight excluding hydrogens is 364 g/mol. The van der Waals surface area contributed by atoms with Crippen LogP contribution in [0.2, 0.25) is 0 Å². The third-order valence-corrected chi connectivity index (χ3v) is 3.84. The molecule has 0 saturated carbocycles. The molecule has 2 aromatic carbocycles. The first-order chi connectivity index (χ1) is 13.5. The van der Waals surface area contributed by atoms with Crippen LogP contribution in [0.3, 0.4) is 0 Å². The molecule has 0 fully saturated rings. The molecule has 1 aromatic heterocycles. The second-order valence-electron chi connectivity index (χ2n) is 5.68. The molecule has 0 atom stereocenters. The zero-order chi connectivity index (χ0) is 20.1. The number of amides is 1. The number of esters is 2. The average molecular weight is 380 g/mol. The number of nitrogens with one attached hydrogen (secondary N) is 1. The Labute approximate surface area is 160 Å². The molecule has 28 heavy (non-hydrogen) atoms. The van der Waals surface area contributed by atoms with E-state index in [2.05, 4.69) is 19.9 Å². The summed E-state index contributed by atoms with van der Waals surface area (Å²) in [6, 6.07) is 14.8. The number of anilines is 1. The van der Waals surface area contributed by atoms with Gasteiger partial charge in [0.25, 0.3) is 5.91 Å². The minimum absolute atomic E-state index is 0.0260. The summed E-state index contributed by atoms with van der Waals surface area (Å²) >= 11 is 0. The van der Waals surface area contributed by atoms with E-state index in [1.807, 2.05) is 30.3 Å². The van der Waals surface area contributed by atoms with Crippen molar-refractivity contribution in [2.45, 2.75) is 0 Å². The van der Waals surface area contributed by atoms with Crippen LogP contribution in [-0.2, 0) is 9.47 Å². The number of hydrogen-bond acceptors (Lipinski definition) is 7. The van der Waals surface area contributed by atoms with Crippen molar-refractivity contribution in [3.63, 3.8) is 0 Å². The number of carbonyl (C=O) groups excluding carboxylic acids is 3. The first kappa shape index (κ1) is 18.8. The second-order valence-corrected chi connectivity index (χ2v) is 5.68. The van der Waals surface area contributed by atoms with E-state index in [0.29, 0.717) is 5.69 Å². The van der Waals surface area contributed by atoms with E-state index < -0.39 is 17.8 Å². The molecule has 0 aliphatic carbocycles. The average Bonchev–Trinajstić information content (AvgIpc) is 3.23. The van der Waals surface area contributed by atoms with E-state index in [9.17, 15) is 14.4 Å². The Morgan fingerprint density at radius 1 is 0.893 bits per heavy atom. The summed E-state index contributed by atoms with van der Waals surface area (Å²) in [6.07, 6.45) is 0. The fraction of sp³-hybridized carbons (Fsp3) is 0.100. The Bertz CT molecular complexity index is 992. The van der Waals surface area contributed by atoms with Gasteiger partial charge in [-0.3, -0.25) is 4.79 Å². The molecule has 0 unspecified atom stereocenters. The predicted molar refractivity (Wildman–Crippen MR) is 99.0 cm³/mol. The summed E-state index contributed by atoms with van der Waals surface area (Å²) in [5.74, 6) is -1.94. The van der Waals surface area contributed by atoms with Crippen molar-refractivity contribution in [2.75, 3.05) is 19.5 Å². The second kappa shape index (κ2) is 8.17. The van der Waals surface area contributed by atoms with Crippen LogP contribution >= 0.6 is 0 Å². The summed E-state index contributed by atoms with van der Waals surface area (Å²) in [5, 5.41) is 6.46. The summed E-state index contributed by atoms with van der Waals surface area (Å²) < 4.78 is 14.4. The molecule has 142 valence electrons. The zero-order valence-electron chi connectivity index (χ0n) is 15.1. The molecule has 0 aliphatic heterocycles. The first-order valence-electron chi connectivity index (χ1n) is 8.17. The van der Waals surface area contributed by atoms with Gasteiger partial charge in [-0.1, -0.05) is 35.5 Å². The third-order valence-electron chi connectivity index (χ3n) is 3.84. The highest BCUT2D eigenvalue weighted by atomic mass is 16.5. The standard InChI is InChI=1S/C20H16N2O6/c1-26-19(24)13-8-14(20(25)27-2)10-15(9-13)21-18(23)17-11-16(22-28-17)12-6-4-3-5-7-12/h3-11H,1-2H3,(H,21,23). The van der Waals surface area contributed by atoms with Gasteiger partial charge in [0.05, 0.1) is 25.3 Å². The number of rotatable bonds is 5. The number of hydrogen-bond donors (Lipinski definition) is 1. The fourth-order valence-electron chi connectivity index (χ4n) is 2.49. The fourth-order valence-corrected chi connectivity index (χ4v) is 2.49. The summed E-state index contributed by atoms with van der Waals surface area (Å²) in [6.45, 7) is 0. The maximum atomic E-state index is 12.5. The predicted octanol–water partition coefficient (Wildman–Crippen LogP) is 3.17. The van der Waals surface area contributed by atoms with Gasteiger partial charge in [0, 0.05) is 17.3 Å². The van der Waals surface area contributed by atoms with Gasteiger partial charge in [-0.2, -0.15) is 0 Å². The Morgan fingerprint density at radius 2 is 1.50 bits per heavy atom. The number of aromatic nitrogens is 1. The van der Waals surface area contributed by atoms with E-state index in [0.717, 1.165) is 5.56 Å². The molecule has 3 aromatic rings. The van der Waals surface area contributed by atoms with Gasteiger partial charge in [-0.15, -0.1) is 0 Å². The van der Waals surface area contributed by atoms with Crippen LogP contribution in [0.15, 0.2) is 59.1 Å². The Balaban J connectivity index is 1.86. The highest BCUT2D eigenvalue weighted by molar-refractivity contribution is 6.04. The lowest BCUT2D eigenvalue weighted by Gasteiger charge is -2.08.